The van der Waals surface area contributed by atoms with Crippen LogP contribution in [0.25, 0.3) is 0 Å². The molecule has 1 saturated carbocycles. The molecule has 0 aromatic heterocycles. The normalized spacial score (nSPS) is 17.8. The third-order valence-electron chi connectivity index (χ3n) is 3.76. The highest BCUT2D eigenvalue weighted by Gasteiger charge is 2.22. The maximum atomic E-state index is 11.9. The summed E-state index contributed by atoms with van der Waals surface area (Å²) in [6, 6.07) is -0.521. The molecule has 5 nitrogen and oxygen atoms in total. The van der Waals surface area contributed by atoms with Gasteiger partial charge in [-0.3, -0.25) is 9.59 Å². The largest absolute Gasteiger partial charge is 0.395 e. The van der Waals surface area contributed by atoms with Crippen LogP contribution in [0.5, 0.6) is 0 Å². The Morgan fingerprint density at radius 1 is 1.32 bits per heavy atom. The second-order valence-corrected chi connectivity index (χ2v) is 5.48. The van der Waals surface area contributed by atoms with Crippen LogP contribution in [0.3, 0.4) is 0 Å². The van der Waals surface area contributed by atoms with Crippen LogP contribution in [-0.2, 0) is 9.59 Å². The van der Waals surface area contributed by atoms with Crippen molar-refractivity contribution in [3.05, 3.63) is 0 Å². The average molecular weight is 270 g/mol. The lowest BCUT2D eigenvalue weighted by atomic mass is 9.87. The molecule has 5 heteroatoms. The molecule has 1 fully saturated rings. The van der Waals surface area contributed by atoms with Crippen molar-refractivity contribution >= 4 is 11.8 Å². The van der Waals surface area contributed by atoms with E-state index < -0.39 is 6.04 Å². The lowest BCUT2D eigenvalue weighted by Crippen LogP contribution is -2.46. The predicted octanol–water partition coefficient (Wildman–Crippen LogP) is 0.912. The summed E-state index contributed by atoms with van der Waals surface area (Å²) in [5.41, 5.74) is 0. The smallest absolute Gasteiger partial charge is 0.244 e. The zero-order chi connectivity index (χ0) is 14.3. The number of carbonyl (C=O) groups is 2. The predicted molar refractivity (Wildman–Crippen MR) is 73.5 cm³/mol. The SMILES string of the molecule is CC(NC(=O)CC1CCCCC1)C(=O)N(C)CCO. The van der Waals surface area contributed by atoms with Crippen LogP contribution >= 0.6 is 0 Å². The molecule has 1 rings (SSSR count). The zero-order valence-electron chi connectivity index (χ0n) is 12.0. The molecular formula is C14H26N2O3. The Morgan fingerprint density at radius 2 is 1.95 bits per heavy atom. The van der Waals surface area contributed by atoms with E-state index >= 15 is 0 Å². The van der Waals surface area contributed by atoms with Crippen molar-refractivity contribution in [3.8, 4) is 0 Å². The van der Waals surface area contributed by atoms with E-state index in [-0.39, 0.29) is 18.4 Å². The Labute approximate surface area is 115 Å². The van der Waals surface area contributed by atoms with Gasteiger partial charge in [-0.2, -0.15) is 0 Å². The van der Waals surface area contributed by atoms with Crippen LogP contribution in [0.15, 0.2) is 0 Å². The zero-order valence-corrected chi connectivity index (χ0v) is 12.0. The monoisotopic (exact) mass is 270 g/mol. The van der Waals surface area contributed by atoms with Gasteiger partial charge in [-0.05, 0) is 25.7 Å². The maximum Gasteiger partial charge on any atom is 0.244 e. The summed E-state index contributed by atoms with van der Waals surface area (Å²) in [7, 11) is 1.63. The summed E-state index contributed by atoms with van der Waals surface area (Å²) >= 11 is 0. The fourth-order valence-corrected chi connectivity index (χ4v) is 2.61. The van der Waals surface area contributed by atoms with Crippen molar-refractivity contribution in [1.29, 1.82) is 0 Å². The van der Waals surface area contributed by atoms with Crippen LogP contribution in [0.2, 0.25) is 0 Å². The van der Waals surface area contributed by atoms with Gasteiger partial charge in [0.1, 0.15) is 6.04 Å². The van der Waals surface area contributed by atoms with Crippen molar-refractivity contribution < 1.29 is 14.7 Å². The number of hydrogen-bond acceptors (Lipinski definition) is 3. The van der Waals surface area contributed by atoms with Crippen LogP contribution in [0.1, 0.15) is 45.4 Å². The minimum atomic E-state index is -0.521. The number of amides is 2. The Bertz CT molecular complexity index is 301. The van der Waals surface area contributed by atoms with Crippen molar-refractivity contribution in [2.75, 3.05) is 20.2 Å². The molecule has 0 bridgehead atoms. The minimum Gasteiger partial charge on any atom is -0.395 e. The van der Waals surface area contributed by atoms with E-state index in [0.717, 1.165) is 12.8 Å². The number of aliphatic hydroxyl groups excluding tert-OH is 1. The number of nitrogens with zero attached hydrogens (tertiary/aromatic N) is 1. The molecule has 1 atom stereocenters. The highest BCUT2D eigenvalue weighted by atomic mass is 16.3. The molecule has 2 amide bonds. The van der Waals surface area contributed by atoms with Crippen LogP contribution in [0, 0.1) is 5.92 Å². The van der Waals surface area contributed by atoms with Gasteiger partial charge in [0, 0.05) is 20.0 Å². The minimum absolute atomic E-state index is 0.0369. The van der Waals surface area contributed by atoms with Gasteiger partial charge in [-0.25, -0.2) is 0 Å². The third kappa shape index (κ3) is 5.59. The maximum absolute atomic E-state index is 11.9. The number of likely N-dealkylation sites (N-methyl/N-ethyl adjacent to an activating group) is 1. The van der Waals surface area contributed by atoms with Crippen LogP contribution in [-0.4, -0.2) is 48.1 Å². The van der Waals surface area contributed by atoms with Crippen molar-refractivity contribution in [1.82, 2.24) is 10.2 Å². The van der Waals surface area contributed by atoms with Crippen molar-refractivity contribution in [3.63, 3.8) is 0 Å². The van der Waals surface area contributed by atoms with E-state index in [1.165, 1.54) is 24.2 Å². The number of hydrogen-bond donors (Lipinski definition) is 2. The fraction of sp³-hybridized carbons (Fsp3) is 0.857. The highest BCUT2D eigenvalue weighted by molar-refractivity contribution is 5.87. The molecule has 0 aromatic rings. The van der Waals surface area contributed by atoms with E-state index in [9.17, 15) is 9.59 Å². The second kappa shape index (κ2) is 8.15. The van der Waals surface area contributed by atoms with Gasteiger partial charge in [0.25, 0.3) is 0 Å². The molecule has 0 heterocycles. The number of aliphatic hydroxyl groups is 1. The van der Waals surface area contributed by atoms with Gasteiger partial charge in [-0.1, -0.05) is 19.3 Å². The van der Waals surface area contributed by atoms with Gasteiger partial charge in [0.15, 0.2) is 0 Å². The lowest BCUT2D eigenvalue weighted by molar-refractivity contribution is -0.135. The van der Waals surface area contributed by atoms with Crippen LogP contribution in [0.4, 0.5) is 0 Å². The molecule has 1 aliphatic rings. The first kappa shape index (κ1) is 16.0. The molecule has 110 valence electrons. The molecule has 0 aliphatic heterocycles. The highest BCUT2D eigenvalue weighted by Crippen LogP contribution is 2.26. The molecule has 0 aromatic carbocycles. The lowest BCUT2D eigenvalue weighted by Gasteiger charge is -2.24. The van der Waals surface area contributed by atoms with Gasteiger partial charge in [-0.15, -0.1) is 0 Å². The van der Waals surface area contributed by atoms with Crippen molar-refractivity contribution in [2.45, 2.75) is 51.5 Å². The summed E-state index contributed by atoms with van der Waals surface area (Å²) in [4.78, 5) is 25.2. The average Bonchev–Trinajstić information content (AvgIpc) is 2.39. The van der Waals surface area contributed by atoms with E-state index in [0.29, 0.717) is 18.9 Å². The topological polar surface area (TPSA) is 69.6 Å². The van der Waals surface area contributed by atoms with Gasteiger partial charge >= 0.3 is 0 Å². The summed E-state index contributed by atoms with van der Waals surface area (Å²) in [5.74, 6) is 0.280. The van der Waals surface area contributed by atoms with E-state index in [4.69, 9.17) is 5.11 Å². The van der Waals surface area contributed by atoms with Gasteiger partial charge in [0.2, 0.25) is 11.8 Å². The molecule has 0 radical (unpaired) electrons. The summed E-state index contributed by atoms with van der Waals surface area (Å²) in [6.45, 7) is 1.92. The molecule has 19 heavy (non-hydrogen) atoms. The molecule has 1 unspecified atom stereocenters. The first-order valence-corrected chi connectivity index (χ1v) is 7.19. The third-order valence-corrected chi connectivity index (χ3v) is 3.76. The molecule has 0 spiro atoms. The Balaban J connectivity index is 2.32. The van der Waals surface area contributed by atoms with Crippen LogP contribution < -0.4 is 5.32 Å². The fourth-order valence-electron chi connectivity index (χ4n) is 2.61. The molecule has 0 saturated heterocycles. The first-order valence-electron chi connectivity index (χ1n) is 7.19. The Kier molecular flexibility index (Phi) is 6.84. The summed E-state index contributed by atoms with van der Waals surface area (Å²) < 4.78 is 0. The Morgan fingerprint density at radius 3 is 2.53 bits per heavy atom. The first-order chi connectivity index (χ1) is 9.04. The Hall–Kier alpha value is -1.10. The van der Waals surface area contributed by atoms with Crippen molar-refractivity contribution in [2.24, 2.45) is 5.92 Å². The standard InChI is InChI=1S/C14H26N2O3/c1-11(14(19)16(2)8-9-17)15-13(18)10-12-6-4-3-5-7-12/h11-12,17H,3-10H2,1-2H3,(H,15,18). The number of rotatable bonds is 6. The summed E-state index contributed by atoms with van der Waals surface area (Å²) in [6.07, 6.45) is 6.48. The van der Waals surface area contributed by atoms with E-state index in [1.807, 2.05) is 0 Å². The van der Waals surface area contributed by atoms with E-state index in [1.54, 1.807) is 14.0 Å². The quantitative estimate of drug-likeness (QED) is 0.754. The van der Waals surface area contributed by atoms with E-state index in [2.05, 4.69) is 5.32 Å². The number of carbonyl (C=O) groups excluding carboxylic acids is 2. The molecule has 2 N–H and O–H groups in total. The summed E-state index contributed by atoms with van der Waals surface area (Å²) in [5, 5.41) is 11.5. The molecular weight excluding hydrogens is 244 g/mol. The van der Waals surface area contributed by atoms with Gasteiger partial charge < -0.3 is 15.3 Å². The number of nitrogens with one attached hydrogen (secondary N) is 1. The molecule has 1 aliphatic carbocycles. The van der Waals surface area contributed by atoms with Gasteiger partial charge in [0.05, 0.1) is 6.61 Å². The second-order valence-electron chi connectivity index (χ2n) is 5.48.